The summed E-state index contributed by atoms with van der Waals surface area (Å²) >= 11 is 18.0. The lowest BCUT2D eigenvalue weighted by Gasteiger charge is -2.22. The van der Waals surface area contributed by atoms with Crippen LogP contribution in [0.5, 0.6) is 0 Å². The Balaban J connectivity index is 2.36. The van der Waals surface area contributed by atoms with E-state index in [4.69, 9.17) is 39.5 Å². The highest BCUT2D eigenvalue weighted by atomic mass is 35.5. The van der Waals surface area contributed by atoms with E-state index in [2.05, 4.69) is 5.10 Å². The molecular weight excluding hydrogens is 409 g/mol. The number of aromatic nitrogens is 2. The van der Waals surface area contributed by atoms with Crippen molar-refractivity contribution in [3.05, 3.63) is 45.2 Å². The molecule has 138 valence electrons. The highest BCUT2D eigenvalue weighted by Gasteiger charge is 2.28. The molecule has 0 spiro atoms. The van der Waals surface area contributed by atoms with Crippen molar-refractivity contribution in [3.63, 3.8) is 0 Å². The van der Waals surface area contributed by atoms with Crippen LogP contribution in [0.25, 0.3) is 0 Å². The molecule has 25 heavy (non-hydrogen) atoms. The summed E-state index contributed by atoms with van der Waals surface area (Å²) in [7, 11) is -0.623. The Morgan fingerprint density at radius 2 is 1.96 bits per heavy atom. The highest BCUT2D eigenvalue weighted by molar-refractivity contribution is 7.89. The zero-order chi connectivity index (χ0) is 18.6. The number of sulfonamides is 1. The first-order chi connectivity index (χ1) is 11.8. The summed E-state index contributed by atoms with van der Waals surface area (Å²) in [5.74, 6) is 0. The maximum absolute atomic E-state index is 13.1. The summed E-state index contributed by atoms with van der Waals surface area (Å²) in [6.45, 7) is 0.737. The summed E-state index contributed by atoms with van der Waals surface area (Å²) in [5.41, 5.74) is 0.534. The smallest absolute Gasteiger partial charge is 0.244 e. The Morgan fingerprint density at radius 3 is 2.56 bits per heavy atom. The van der Waals surface area contributed by atoms with Gasteiger partial charge in [-0.2, -0.15) is 9.40 Å². The lowest BCUT2D eigenvalue weighted by atomic mass is 10.4. The minimum atomic E-state index is -3.87. The fourth-order valence-corrected chi connectivity index (χ4v) is 4.59. The van der Waals surface area contributed by atoms with E-state index in [1.165, 1.54) is 27.2 Å². The molecule has 0 bridgehead atoms. The molecule has 6 nitrogen and oxygen atoms in total. The molecule has 0 aliphatic carbocycles. The maximum Gasteiger partial charge on any atom is 0.244 e. The third-order valence-electron chi connectivity index (χ3n) is 3.48. The van der Waals surface area contributed by atoms with Crippen LogP contribution in [0.2, 0.25) is 15.2 Å². The topological polar surface area (TPSA) is 64.4 Å². The van der Waals surface area contributed by atoms with Gasteiger partial charge < -0.3 is 4.74 Å². The van der Waals surface area contributed by atoms with Gasteiger partial charge in [0.2, 0.25) is 10.0 Å². The van der Waals surface area contributed by atoms with Crippen LogP contribution in [0.1, 0.15) is 12.1 Å². The first-order valence-corrected chi connectivity index (χ1v) is 9.95. The molecule has 0 N–H and O–H groups in total. The van der Waals surface area contributed by atoms with Crippen LogP contribution in [0.3, 0.4) is 0 Å². The molecular formula is C15H18Cl3N3O3S. The van der Waals surface area contributed by atoms with Crippen LogP contribution in [-0.2, 0) is 28.4 Å². The van der Waals surface area contributed by atoms with Gasteiger partial charge in [-0.25, -0.2) is 8.42 Å². The van der Waals surface area contributed by atoms with Crippen LogP contribution in [-0.4, -0.2) is 42.8 Å². The van der Waals surface area contributed by atoms with Gasteiger partial charge in [-0.15, -0.1) is 0 Å². The third kappa shape index (κ3) is 5.09. The largest absolute Gasteiger partial charge is 0.385 e. The number of hydrogen-bond acceptors (Lipinski definition) is 4. The van der Waals surface area contributed by atoms with Gasteiger partial charge in [0, 0.05) is 32.3 Å². The molecule has 0 atom stereocenters. The number of benzene rings is 1. The maximum atomic E-state index is 13.1. The molecule has 0 aliphatic rings. The van der Waals surface area contributed by atoms with Gasteiger partial charge in [0.05, 0.1) is 17.3 Å². The highest BCUT2D eigenvalue weighted by Crippen LogP contribution is 2.28. The van der Waals surface area contributed by atoms with Gasteiger partial charge >= 0.3 is 0 Å². The van der Waals surface area contributed by atoms with E-state index >= 15 is 0 Å². The average Bonchev–Trinajstić information content (AvgIpc) is 2.86. The third-order valence-corrected chi connectivity index (χ3v) is 6.39. The van der Waals surface area contributed by atoms with Gasteiger partial charge in [-0.1, -0.05) is 34.8 Å². The molecule has 1 aromatic heterocycles. The summed E-state index contributed by atoms with van der Waals surface area (Å²) < 4.78 is 33.9. The predicted molar refractivity (Wildman–Crippen MR) is 98.8 cm³/mol. The molecule has 1 heterocycles. The summed E-state index contributed by atoms with van der Waals surface area (Å²) in [6.07, 6.45) is 0.522. The zero-order valence-electron chi connectivity index (χ0n) is 13.7. The molecule has 0 saturated heterocycles. The van der Waals surface area contributed by atoms with Crippen molar-refractivity contribution in [2.45, 2.75) is 17.9 Å². The quantitative estimate of drug-likeness (QED) is 0.605. The Hall–Kier alpha value is -0.830. The van der Waals surface area contributed by atoms with Crippen molar-refractivity contribution in [2.24, 2.45) is 7.05 Å². The van der Waals surface area contributed by atoms with Gasteiger partial charge in [-0.05, 0) is 30.7 Å². The first kappa shape index (κ1) is 20.5. The number of rotatable bonds is 8. The molecule has 2 aromatic rings. The number of aryl methyl sites for hydroxylation is 1. The average molecular weight is 427 g/mol. The Bertz CT molecular complexity index is 820. The summed E-state index contributed by atoms with van der Waals surface area (Å²) in [6, 6.07) is 5.96. The van der Waals surface area contributed by atoms with Gasteiger partial charge in [0.1, 0.15) is 10.0 Å². The molecule has 0 radical (unpaired) electrons. The van der Waals surface area contributed by atoms with Crippen molar-refractivity contribution in [2.75, 3.05) is 20.3 Å². The molecule has 0 saturated carbocycles. The monoisotopic (exact) mass is 425 g/mol. The standard InChI is InChI=1S/C15H18Cl3N3O3S/c1-20-15(18)9-12(19-20)10-21(6-3-7-24-2)25(22,23)14-8-11(16)4-5-13(14)17/h4-5,8-9H,3,6-7,10H2,1-2H3. The van der Waals surface area contributed by atoms with E-state index < -0.39 is 10.0 Å². The van der Waals surface area contributed by atoms with Crippen LogP contribution >= 0.6 is 34.8 Å². The molecule has 0 fully saturated rings. The summed E-state index contributed by atoms with van der Waals surface area (Å²) in [4.78, 5) is -0.0406. The molecule has 1 aromatic carbocycles. The van der Waals surface area contributed by atoms with E-state index in [0.29, 0.717) is 28.9 Å². The van der Waals surface area contributed by atoms with Crippen LogP contribution in [0.4, 0.5) is 0 Å². The van der Waals surface area contributed by atoms with E-state index in [9.17, 15) is 8.42 Å². The summed E-state index contributed by atoms with van der Waals surface area (Å²) in [5, 5.41) is 5.04. The molecule has 0 unspecified atom stereocenters. The molecule has 0 aliphatic heterocycles. The number of ether oxygens (including phenoxy) is 1. The van der Waals surface area contributed by atoms with Crippen molar-refractivity contribution in [1.29, 1.82) is 0 Å². The van der Waals surface area contributed by atoms with E-state index in [-0.39, 0.29) is 23.0 Å². The second-order valence-corrected chi connectivity index (χ2v) is 8.48. The van der Waals surface area contributed by atoms with E-state index in [1.807, 2.05) is 0 Å². The normalized spacial score (nSPS) is 12.1. The lowest BCUT2D eigenvalue weighted by Crippen LogP contribution is -2.32. The number of nitrogens with zero attached hydrogens (tertiary/aromatic N) is 3. The first-order valence-electron chi connectivity index (χ1n) is 7.38. The van der Waals surface area contributed by atoms with Crippen LogP contribution in [0, 0.1) is 0 Å². The van der Waals surface area contributed by atoms with E-state index in [0.717, 1.165) is 0 Å². The van der Waals surface area contributed by atoms with Crippen LogP contribution < -0.4 is 0 Å². The molecule has 10 heteroatoms. The van der Waals surface area contributed by atoms with Crippen molar-refractivity contribution in [3.8, 4) is 0 Å². The van der Waals surface area contributed by atoms with Gasteiger partial charge in [0.25, 0.3) is 0 Å². The second kappa shape index (κ2) is 8.70. The Morgan fingerprint density at radius 1 is 1.24 bits per heavy atom. The minimum Gasteiger partial charge on any atom is -0.385 e. The minimum absolute atomic E-state index is 0.0406. The van der Waals surface area contributed by atoms with Crippen LogP contribution in [0.15, 0.2) is 29.2 Å². The number of hydrogen-bond donors (Lipinski definition) is 0. The molecule has 0 amide bonds. The van der Waals surface area contributed by atoms with Gasteiger partial charge in [-0.3, -0.25) is 4.68 Å². The van der Waals surface area contributed by atoms with E-state index in [1.54, 1.807) is 20.2 Å². The number of methoxy groups -OCH3 is 1. The van der Waals surface area contributed by atoms with Crippen molar-refractivity contribution in [1.82, 2.24) is 14.1 Å². The Labute approximate surface area is 162 Å². The van der Waals surface area contributed by atoms with Crippen molar-refractivity contribution < 1.29 is 13.2 Å². The molecule has 2 rings (SSSR count). The van der Waals surface area contributed by atoms with Crippen molar-refractivity contribution >= 4 is 44.8 Å². The lowest BCUT2D eigenvalue weighted by molar-refractivity contribution is 0.186. The predicted octanol–water partition coefficient (Wildman–Crippen LogP) is 3.61. The number of halogens is 3. The Kier molecular flexibility index (Phi) is 7.13. The fourth-order valence-electron chi connectivity index (χ4n) is 2.24. The second-order valence-electron chi connectivity index (χ2n) is 5.34. The zero-order valence-corrected chi connectivity index (χ0v) is 16.8. The van der Waals surface area contributed by atoms with Gasteiger partial charge in [0.15, 0.2) is 0 Å². The SMILES string of the molecule is COCCCN(Cc1cc(Cl)n(C)n1)S(=O)(=O)c1cc(Cl)ccc1Cl. The fraction of sp³-hybridized carbons (Fsp3) is 0.400.